The second-order valence-corrected chi connectivity index (χ2v) is 3.96. The van der Waals surface area contributed by atoms with Gasteiger partial charge in [-0.1, -0.05) is 20.1 Å². The van der Waals surface area contributed by atoms with Gasteiger partial charge in [0.15, 0.2) is 0 Å². The lowest BCUT2D eigenvalue weighted by Crippen LogP contribution is -2.39. The number of carbonyl (C=O) groups is 3. The summed E-state index contributed by atoms with van der Waals surface area (Å²) in [5, 5.41) is 2.22. The molecule has 0 atom stereocenters. The zero-order valence-corrected chi connectivity index (χ0v) is 9.91. The number of allylic oxidation sites excluding steroid dienone is 1. The fraction of sp³-hybridized carbons (Fsp3) is 0.417. The average molecular weight is 238 g/mol. The molecule has 1 aliphatic rings. The molecule has 0 aromatic rings. The quantitative estimate of drug-likeness (QED) is 0.742. The third-order valence-corrected chi connectivity index (χ3v) is 2.40. The Labute approximate surface area is 102 Å². The Morgan fingerprint density at radius 1 is 1.41 bits per heavy atom. The maximum Gasteiger partial charge on any atom is 0.254 e. The number of carbonyl (C=O) groups excluding carboxylic acids is 3. The van der Waals surface area contributed by atoms with Gasteiger partial charge in [0.1, 0.15) is 6.54 Å². The molecule has 94 valence electrons. The molecule has 1 N–H and O–H groups in total. The maximum atomic E-state index is 11.6. The number of hydrogen-bond acceptors (Lipinski definition) is 3. The maximum absolute atomic E-state index is 11.6. The van der Waals surface area contributed by atoms with E-state index in [1.54, 1.807) is 0 Å². The summed E-state index contributed by atoms with van der Waals surface area (Å²) < 4.78 is 0. The number of likely N-dealkylation sites (tertiary alicyclic amines) is 1. The van der Waals surface area contributed by atoms with Crippen LogP contribution in [0.4, 0.5) is 0 Å². The van der Waals surface area contributed by atoms with Gasteiger partial charge in [-0.3, -0.25) is 19.7 Å². The van der Waals surface area contributed by atoms with Crippen LogP contribution in [0.25, 0.3) is 0 Å². The molecule has 0 bridgehead atoms. The molecule has 0 unspecified atom stereocenters. The lowest BCUT2D eigenvalue weighted by molar-refractivity contribution is -0.134. The van der Waals surface area contributed by atoms with Crippen LogP contribution in [0.1, 0.15) is 27.6 Å². The minimum Gasteiger partial charge on any atom is -0.303 e. The summed E-state index contributed by atoms with van der Waals surface area (Å²) >= 11 is 0. The fourth-order valence-corrected chi connectivity index (χ4v) is 1.56. The molecule has 17 heavy (non-hydrogen) atoms. The zero-order chi connectivity index (χ0) is 13.0. The number of amides is 3. The van der Waals surface area contributed by atoms with E-state index < -0.39 is 5.91 Å². The summed E-state index contributed by atoms with van der Waals surface area (Å²) in [7, 11) is 0. The van der Waals surface area contributed by atoms with Gasteiger partial charge in [-0.25, -0.2) is 0 Å². The Balaban J connectivity index is 0.00000289. The number of imide groups is 1. The molecule has 0 aliphatic carbocycles. The second-order valence-electron chi connectivity index (χ2n) is 3.96. The van der Waals surface area contributed by atoms with Crippen molar-refractivity contribution in [2.75, 3.05) is 6.54 Å². The highest BCUT2D eigenvalue weighted by Crippen LogP contribution is 2.23. The van der Waals surface area contributed by atoms with Crippen molar-refractivity contribution in [2.24, 2.45) is 0 Å². The molecular weight excluding hydrogens is 220 g/mol. The second kappa shape index (κ2) is 5.43. The standard InChI is InChI=1S/C12H16N2O3.H2/c1-4-5-10(15)13-11(16)7-14-9(3)6-8(2)12(14)17;/h2-7H2,1H3,(H,13,15,16);1H. The Morgan fingerprint density at radius 2 is 2.06 bits per heavy atom. The minimum absolute atomic E-state index is 0. The first-order valence-corrected chi connectivity index (χ1v) is 5.45. The van der Waals surface area contributed by atoms with Crippen LogP contribution in [-0.2, 0) is 14.4 Å². The molecule has 1 aliphatic heterocycles. The third kappa shape index (κ3) is 3.27. The third-order valence-electron chi connectivity index (χ3n) is 2.40. The molecule has 1 heterocycles. The topological polar surface area (TPSA) is 66.5 Å². The van der Waals surface area contributed by atoms with Gasteiger partial charge in [0.25, 0.3) is 5.91 Å². The van der Waals surface area contributed by atoms with E-state index in [9.17, 15) is 14.4 Å². The smallest absolute Gasteiger partial charge is 0.254 e. The molecule has 0 saturated carbocycles. The van der Waals surface area contributed by atoms with E-state index in [0.29, 0.717) is 30.5 Å². The molecule has 1 fully saturated rings. The Morgan fingerprint density at radius 3 is 2.53 bits per heavy atom. The largest absolute Gasteiger partial charge is 0.303 e. The van der Waals surface area contributed by atoms with Crippen LogP contribution >= 0.6 is 0 Å². The summed E-state index contributed by atoms with van der Waals surface area (Å²) in [6.45, 7) is 8.94. The van der Waals surface area contributed by atoms with Gasteiger partial charge in [-0.2, -0.15) is 0 Å². The van der Waals surface area contributed by atoms with Crippen molar-refractivity contribution in [1.29, 1.82) is 0 Å². The van der Waals surface area contributed by atoms with Crippen LogP contribution in [-0.4, -0.2) is 29.2 Å². The minimum atomic E-state index is -0.493. The highest BCUT2D eigenvalue weighted by molar-refractivity contribution is 6.02. The zero-order valence-electron chi connectivity index (χ0n) is 9.91. The molecule has 5 heteroatoms. The summed E-state index contributed by atoms with van der Waals surface area (Å²) in [5.41, 5.74) is 0.959. The molecule has 0 aromatic carbocycles. The summed E-state index contributed by atoms with van der Waals surface area (Å²) in [5.74, 6) is -1.12. The first-order chi connectivity index (χ1) is 7.95. The predicted octanol–water partition coefficient (Wildman–Crippen LogP) is 0.977. The Hall–Kier alpha value is -1.91. The molecule has 3 amide bonds. The van der Waals surface area contributed by atoms with Crippen LogP contribution in [0.2, 0.25) is 0 Å². The van der Waals surface area contributed by atoms with E-state index in [-0.39, 0.29) is 19.8 Å². The van der Waals surface area contributed by atoms with Crippen molar-refractivity contribution < 1.29 is 15.8 Å². The number of nitrogens with zero attached hydrogens (tertiary/aromatic N) is 1. The van der Waals surface area contributed by atoms with E-state index in [1.807, 2.05) is 6.92 Å². The van der Waals surface area contributed by atoms with E-state index in [0.717, 1.165) is 0 Å². The fourth-order valence-electron chi connectivity index (χ4n) is 1.56. The van der Waals surface area contributed by atoms with Crippen molar-refractivity contribution in [2.45, 2.75) is 26.2 Å². The first-order valence-electron chi connectivity index (χ1n) is 5.45. The van der Waals surface area contributed by atoms with E-state index in [2.05, 4.69) is 18.5 Å². The van der Waals surface area contributed by atoms with Crippen LogP contribution in [0.5, 0.6) is 0 Å². The molecule has 1 rings (SSSR count). The highest BCUT2D eigenvalue weighted by atomic mass is 16.2. The Kier molecular flexibility index (Phi) is 4.20. The number of nitrogens with one attached hydrogen (secondary N) is 1. The van der Waals surface area contributed by atoms with Gasteiger partial charge in [0, 0.05) is 25.5 Å². The van der Waals surface area contributed by atoms with Crippen LogP contribution < -0.4 is 5.32 Å². The van der Waals surface area contributed by atoms with Crippen LogP contribution in [0.3, 0.4) is 0 Å². The molecule has 0 spiro atoms. The van der Waals surface area contributed by atoms with Gasteiger partial charge in [-0.15, -0.1) is 0 Å². The van der Waals surface area contributed by atoms with Crippen molar-refractivity contribution in [1.82, 2.24) is 10.2 Å². The van der Waals surface area contributed by atoms with Gasteiger partial charge in [-0.05, 0) is 6.42 Å². The highest BCUT2D eigenvalue weighted by Gasteiger charge is 2.29. The number of hydrogen-bond donors (Lipinski definition) is 1. The molecule has 0 radical (unpaired) electrons. The molecular formula is C12H18N2O3. The molecule has 5 nitrogen and oxygen atoms in total. The van der Waals surface area contributed by atoms with Crippen LogP contribution in [0, 0.1) is 0 Å². The SMILES string of the molecule is C=C1CC(=C)N(CC(=O)NC(=O)CCC)C1=O.[HH]. The van der Waals surface area contributed by atoms with Gasteiger partial charge < -0.3 is 4.90 Å². The van der Waals surface area contributed by atoms with Gasteiger partial charge >= 0.3 is 0 Å². The Bertz CT molecular complexity index is 404. The van der Waals surface area contributed by atoms with E-state index in [1.165, 1.54) is 4.90 Å². The predicted molar refractivity (Wildman–Crippen MR) is 64.8 cm³/mol. The van der Waals surface area contributed by atoms with Gasteiger partial charge in [0.05, 0.1) is 0 Å². The monoisotopic (exact) mass is 238 g/mol. The average Bonchev–Trinajstić information content (AvgIpc) is 2.45. The van der Waals surface area contributed by atoms with Gasteiger partial charge in [0.2, 0.25) is 11.8 Å². The van der Waals surface area contributed by atoms with Crippen LogP contribution in [0.15, 0.2) is 24.4 Å². The number of rotatable bonds is 4. The lowest BCUT2D eigenvalue weighted by Gasteiger charge is -2.15. The molecule has 0 aromatic heterocycles. The first kappa shape index (κ1) is 13.2. The van der Waals surface area contributed by atoms with Crippen molar-refractivity contribution >= 4 is 17.7 Å². The van der Waals surface area contributed by atoms with Crippen molar-refractivity contribution in [3.63, 3.8) is 0 Å². The lowest BCUT2D eigenvalue weighted by atomic mass is 10.2. The summed E-state index contributed by atoms with van der Waals surface area (Å²) in [6.07, 6.45) is 1.35. The van der Waals surface area contributed by atoms with E-state index in [4.69, 9.17) is 0 Å². The van der Waals surface area contributed by atoms with Crippen molar-refractivity contribution in [3.8, 4) is 0 Å². The normalized spacial score (nSPS) is 15.4. The molecule has 1 saturated heterocycles. The van der Waals surface area contributed by atoms with Crippen molar-refractivity contribution in [3.05, 3.63) is 24.4 Å². The van der Waals surface area contributed by atoms with E-state index >= 15 is 0 Å². The summed E-state index contributed by atoms with van der Waals surface area (Å²) in [6, 6.07) is 0. The summed E-state index contributed by atoms with van der Waals surface area (Å²) in [4.78, 5) is 35.5.